The summed E-state index contributed by atoms with van der Waals surface area (Å²) in [5.41, 5.74) is 11.3. The molecule has 0 aliphatic carbocycles. The number of unbranched alkanes of at least 4 members (excludes halogenated alkanes) is 12. The quantitative estimate of drug-likeness (QED) is 0.238. The van der Waals surface area contributed by atoms with E-state index >= 15 is 0 Å². The Bertz CT molecular complexity index is 334. The first-order valence-electron chi connectivity index (χ1n) is 11.0. The number of rotatable bonds is 20. The molecule has 4 heteroatoms. The maximum absolute atomic E-state index is 12.2. The van der Waals surface area contributed by atoms with Gasteiger partial charge in [0.25, 0.3) is 0 Å². The number of carbonyl (C=O) groups is 1. The van der Waals surface area contributed by atoms with Crippen molar-refractivity contribution in [1.82, 2.24) is 0 Å². The van der Waals surface area contributed by atoms with Crippen molar-refractivity contribution in [2.45, 2.75) is 116 Å². The lowest BCUT2D eigenvalue weighted by atomic mass is 9.91. The maximum atomic E-state index is 12.2. The highest BCUT2D eigenvalue weighted by molar-refractivity contribution is 5.96. The minimum Gasteiger partial charge on any atom is -0.330 e. The second-order valence-electron chi connectivity index (χ2n) is 7.64. The van der Waals surface area contributed by atoms with E-state index in [1.54, 1.807) is 0 Å². The van der Waals surface area contributed by atoms with Gasteiger partial charge in [0, 0.05) is 0 Å². The number of nitrogens with two attached hydrogens (primary N) is 2. The van der Waals surface area contributed by atoms with Gasteiger partial charge in [0.15, 0.2) is 5.78 Å². The summed E-state index contributed by atoms with van der Waals surface area (Å²) < 4.78 is 0. The van der Waals surface area contributed by atoms with Gasteiger partial charge >= 0.3 is 0 Å². The first-order valence-corrected chi connectivity index (χ1v) is 11.0. The van der Waals surface area contributed by atoms with Gasteiger partial charge in [0.1, 0.15) is 0 Å². The van der Waals surface area contributed by atoms with Crippen LogP contribution in [0.2, 0.25) is 0 Å². The van der Waals surface area contributed by atoms with Crippen molar-refractivity contribution < 1.29 is 9.59 Å². The molecular weight excluding hydrogens is 324 g/mol. The summed E-state index contributed by atoms with van der Waals surface area (Å²) in [6.45, 7) is 2.87. The van der Waals surface area contributed by atoms with Crippen molar-refractivity contribution >= 4 is 12.1 Å². The Kier molecular flexibility index (Phi) is 18.5. The number of hydrogen-bond donors (Lipinski definition) is 2. The first kappa shape index (κ1) is 25.3. The fourth-order valence-electron chi connectivity index (χ4n) is 3.36. The third-order valence-electron chi connectivity index (χ3n) is 5.17. The minimum atomic E-state index is -0.633. The predicted molar refractivity (Wildman–Crippen MR) is 111 cm³/mol. The number of ketones is 1. The van der Waals surface area contributed by atoms with Crippen LogP contribution in [0.4, 0.5) is 0 Å². The molecule has 0 bridgehead atoms. The van der Waals surface area contributed by atoms with E-state index in [4.69, 9.17) is 11.5 Å². The minimum absolute atomic E-state index is 0.139. The molecule has 0 saturated carbocycles. The molecule has 2 atom stereocenters. The summed E-state index contributed by atoms with van der Waals surface area (Å²) in [4.78, 5) is 23.3. The van der Waals surface area contributed by atoms with Crippen LogP contribution in [0.1, 0.15) is 110 Å². The van der Waals surface area contributed by atoms with Crippen molar-refractivity contribution in [2.24, 2.45) is 17.4 Å². The molecule has 0 fully saturated rings. The average Bonchev–Trinajstić information content (AvgIpc) is 2.65. The molecule has 0 heterocycles. The molecule has 0 amide bonds. The molecule has 0 aromatic heterocycles. The fourth-order valence-corrected chi connectivity index (χ4v) is 3.36. The Morgan fingerprint density at radius 3 is 1.69 bits per heavy atom. The van der Waals surface area contributed by atoms with Crippen LogP contribution in [0, 0.1) is 5.92 Å². The second kappa shape index (κ2) is 19.0. The van der Waals surface area contributed by atoms with Crippen LogP contribution in [-0.2, 0) is 9.59 Å². The van der Waals surface area contributed by atoms with Crippen LogP contribution in [0.15, 0.2) is 0 Å². The average molecular weight is 368 g/mol. The van der Waals surface area contributed by atoms with Crippen LogP contribution in [0.5, 0.6) is 0 Å². The van der Waals surface area contributed by atoms with E-state index in [2.05, 4.69) is 6.92 Å². The highest BCUT2D eigenvalue weighted by Gasteiger charge is 2.23. The second-order valence-corrected chi connectivity index (χ2v) is 7.64. The summed E-state index contributed by atoms with van der Waals surface area (Å²) >= 11 is 0. The van der Waals surface area contributed by atoms with E-state index < -0.39 is 12.0 Å². The lowest BCUT2D eigenvalue weighted by molar-refractivity contribution is -0.122. The Labute approximate surface area is 161 Å². The topological polar surface area (TPSA) is 86.2 Å². The highest BCUT2D eigenvalue weighted by Crippen LogP contribution is 2.16. The summed E-state index contributed by atoms with van der Waals surface area (Å²) in [6.07, 6.45) is 20.2. The normalized spacial score (nSPS) is 13.5. The van der Waals surface area contributed by atoms with Crippen molar-refractivity contribution in [3.63, 3.8) is 0 Å². The standard InChI is InChI=1S/C22H43N2O2/c1-2-3-4-5-6-7-8-9-10-11-12-13-16-20(19-25)22(26)21(24)17-14-15-18-23/h20-21H,2-18,23-24H2,1H3/t20?,21-/m0/s1. The van der Waals surface area contributed by atoms with Gasteiger partial charge in [-0.15, -0.1) is 0 Å². The van der Waals surface area contributed by atoms with E-state index in [0.717, 1.165) is 25.7 Å². The molecule has 0 aromatic rings. The predicted octanol–water partition coefficient (Wildman–Crippen LogP) is 4.83. The van der Waals surface area contributed by atoms with Crippen LogP contribution >= 0.6 is 0 Å². The summed E-state index contributed by atoms with van der Waals surface area (Å²) in [7, 11) is 0. The SMILES string of the molecule is CCCCCCCCCCCCCCC([C]=O)C(=O)[C@@H](N)CCCCN. The van der Waals surface area contributed by atoms with E-state index in [-0.39, 0.29) is 5.78 Å². The van der Waals surface area contributed by atoms with Gasteiger partial charge in [0.2, 0.25) is 6.29 Å². The Morgan fingerprint density at radius 1 is 0.769 bits per heavy atom. The van der Waals surface area contributed by atoms with Crippen LogP contribution in [0.25, 0.3) is 0 Å². The summed E-state index contributed by atoms with van der Waals surface area (Å²) in [6, 6.07) is -0.537. The van der Waals surface area contributed by atoms with Gasteiger partial charge in [-0.05, 0) is 25.8 Å². The Morgan fingerprint density at radius 2 is 1.23 bits per heavy atom. The molecule has 0 rings (SSSR count). The van der Waals surface area contributed by atoms with Gasteiger partial charge in [-0.2, -0.15) is 0 Å². The molecule has 0 spiro atoms. The molecule has 0 saturated heterocycles. The highest BCUT2D eigenvalue weighted by atomic mass is 16.1. The molecule has 1 unspecified atom stereocenters. The van der Waals surface area contributed by atoms with Crippen molar-refractivity contribution in [1.29, 1.82) is 0 Å². The molecule has 4 nitrogen and oxygen atoms in total. The smallest absolute Gasteiger partial charge is 0.209 e. The van der Waals surface area contributed by atoms with E-state index in [1.165, 1.54) is 64.2 Å². The molecule has 153 valence electrons. The van der Waals surface area contributed by atoms with Crippen LogP contribution in [-0.4, -0.2) is 24.7 Å². The van der Waals surface area contributed by atoms with Crippen molar-refractivity contribution in [3.8, 4) is 0 Å². The van der Waals surface area contributed by atoms with Gasteiger partial charge in [-0.1, -0.05) is 90.4 Å². The number of carbonyl (C=O) groups excluding carboxylic acids is 2. The molecule has 26 heavy (non-hydrogen) atoms. The monoisotopic (exact) mass is 367 g/mol. The van der Waals surface area contributed by atoms with Gasteiger partial charge in [-0.25, -0.2) is 0 Å². The number of hydrogen-bond acceptors (Lipinski definition) is 4. The Hall–Kier alpha value is -0.740. The molecule has 0 aliphatic rings. The largest absolute Gasteiger partial charge is 0.330 e. The van der Waals surface area contributed by atoms with E-state index in [9.17, 15) is 9.59 Å². The zero-order valence-electron chi connectivity index (χ0n) is 17.1. The van der Waals surface area contributed by atoms with Gasteiger partial charge in [0.05, 0.1) is 12.0 Å². The molecule has 0 aromatic carbocycles. The zero-order valence-corrected chi connectivity index (χ0v) is 17.1. The van der Waals surface area contributed by atoms with E-state index in [1.807, 2.05) is 6.29 Å². The molecule has 0 aliphatic heterocycles. The van der Waals surface area contributed by atoms with Gasteiger partial charge < -0.3 is 11.5 Å². The van der Waals surface area contributed by atoms with Crippen molar-refractivity contribution in [2.75, 3.05) is 6.54 Å². The fraction of sp³-hybridized carbons (Fsp3) is 0.909. The third kappa shape index (κ3) is 14.4. The number of Topliss-reactive ketones (excluding diaryl/α,β-unsaturated/α-hetero) is 1. The third-order valence-corrected chi connectivity index (χ3v) is 5.17. The molecule has 4 N–H and O–H groups in total. The molecular formula is C22H43N2O2. The lowest BCUT2D eigenvalue weighted by Gasteiger charge is -2.14. The van der Waals surface area contributed by atoms with E-state index in [0.29, 0.717) is 19.4 Å². The lowest BCUT2D eigenvalue weighted by Crippen LogP contribution is -2.36. The zero-order chi connectivity index (χ0) is 19.5. The van der Waals surface area contributed by atoms with Crippen LogP contribution in [0.3, 0.4) is 0 Å². The molecule has 1 radical (unpaired) electrons. The van der Waals surface area contributed by atoms with Gasteiger partial charge in [-0.3, -0.25) is 9.59 Å². The van der Waals surface area contributed by atoms with Crippen LogP contribution < -0.4 is 11.5 Å². The Balaban J connectivity index is 3.59. The summed E-state index contributed by atoms with van der Waals surface area (Å²) in [5.74, 6) is -0.772. The maximum Gasteiger partial charge on any atom is 0.209 e. The van der Waals surface area contributed by atoms with Crippen molar-refractivity contribution in [3.05, 3.63) is 0 Å². The first-order chi connectivity index (χ1) is 12.7. The summed E-state index contributed by atoms with van der Waals surface area (Å²) in [5, 5.41) is 0.